The van der Waals surface area contributed by atoms with E-state index in [1.807, 2.05) is 12.1 Å². The monoisotopic (exact) mass is 623 g/mol. The van der Waals surface area contributed by atoms with Crippen molar-refractivity contribution in [3.8, 4) is 11.8 Å². The second-order valence-electron chi connectivity index (χ2n) is 8.64. The Hall–Kier alpha value is -3.73. The number of nitriles is 1. The highest BCUT2D eigenvalue weighted by atomic mass is 79.9. The molecule has 2 aliphatic rings. The smallest absolute Gasteiger partial charge is 0.235 e. The number of halogens is 1. The Morgan fingerprint density at radius 1 is 1.28 bits per heavy atom. The molecule has 0 bridgehead atoms. The second-order valence-corrected chi connectivity index (χ2v) is 11.7. The number of thioether (sulfide) groups is 1. The maximum Gasteiger partial charge on any atom is 0.235 e. The van der Waals surface area contributed by atoms with E-state index in [1.54, 1.807) is 42.5 Å². The van der Waals surface area contributed by atoms with E-state index in [-0.39, 0.29) is 28.8 Å². The predicted molar refractivity (Wildman–Crippen MR) is 152 cm³/mol. The highest BCUT2D eigenvalue weighted by molar-refractivity contribution is 9.10. The number of hydrogen-bond acceptors (Lipinski definition) is 11. The summed E-state index contributed by atoms with van der Waals surface area (Å²) >= 11 is 5.78. The maximum atomic E-state index is 13.3. The summed E-state index contributed by atoms with van der Waals surface area (Å²) in [4.78, 5) is 31.5. The summed E-state index contributed by atoms with van der Waals surface area (Å²) in [6.45, 7) is 0. The number of allylic oxidation sites excluding steroid dienone is 3. The van der Waals surface area contributed by atoms with Crippen LogP contribution >= 0.6 is 39.0 Å². The first-order valence-corrected chi connectivity index (χ1v) is 14.5. The third kappa shape index (κ3) is 5.54. The SMILES string of the molecule is COc1ccc(C2C(C#N)=C(N)N(c3nnc(SCC(=O)Nc4ccc(Br)cn4)s3)C3=C2C(=O)CCC3)cc1. The fourth-order valence-electron chi connectivity index (χ4n) is 4.54. The molecule has 0 radical (unpaired) electrons. The molecule has 1 aliphatic carbocycles. The lowest BCUT2D eigenvalue weighted by molar-refractivity contribution is -0.116. The fourth-order valence-corrected chi connectivity index (χ4v) is 6.46. The number of aromatic nitrogens is 3. The molecule has 0 saturated carbocycles. The average molecular weight is 625 g/mol. The molecule has 1 amide bonds. The van der Waals surface area contributed by atoms with Gasteiger partial charge in [-0.15, -0.1) is 10.2 Å². The van der Waals surface area contributed by atoms with Gasteiger partial charge in [0.05, 0.1) is 30.4 Å². The van der Waals surface area contributed by atoms with Crippen LogP contribution in [0.2, 0.25) is 0 Å². The van der Waals surface area contributed by atoms with Gasteiger partial charge in [0.1, 0.15) is 17.4 Å². The van der Waals surface area contributed by atoms with Crippen molar-refractivity contribution in [2.45, 2.75) is 29.5 Å². The van der Waals surface area contributed by atoms with E-state index < -0.39 is 5.92 Å². The van der Waals surface area contributed by atoms with Crippen LogP contribution in [0.3, 0.4) is 0 Å². The van der Waals surface area contributed by atoms with Gasteiger partial charge in [-0.25, -0.2) is 4.98 Å². The molecular weight excluding hydrogens is 602 g/mol. The molecule has 1 unspecified atom stereocenters. The third-order valence-corrected chi connectivity index (χ3v) is 8.78. The molecule has 10 nitrogen and oxygen atoms in total. The van der Waals surface area contributed by atoms with Crippen molar-refractivity contribution in [2.24, 2.45) is 5.73 Å². The highest BCUT2D eigenvalue weighted by Gasteiger charge is 2.41. The van der Waals surface area contributed by atoms with Crippen LogP contribution < -0.4 is 20.7 Å². The van der Waals surface area contributed by atoms with Crippen LogP contribution in [0.5, 0.6) is 5.75 Å². The van der Waals surface area contributed by atoms with Gasteiger partial charge in [-0.1, -0.05) is 35.2 Å². The number of pyridine rings is 1. The van der Waals surface area contributed by atoms with Gasteiger partial charge in [0.15, 0.2) is 10.1 Å². The van der Waals surface area contributed by atoms with E-state index >= 15 is 0 Å². The summed E-state index contributed by atoms with van der Waals surface area (Å²) in [6, 6.07) is 13.0. The van der Waals surface area contributed by atoms with Crippen LogP contribution in [0, 0.1) is 11.3 Å². The number of rotatable bonds is 7. The van der Waals surface area contributed by atoms with Crippen molar-refractivity contribution in [1.29, 1.82) is 5.26 Å². The summed E-state index contributed by atoms with van der Waals surface area (Å²) in [7, 11) is 1.58. The van der Waals surface area contributed by atoms with Gasteiger partial charge in [0.25, 0.3) is 0 Å². The molecule has 0 spiro atoms. The Labute approximate surface area is 241 Å². The molecule has 2 aromatic heterocycles. The fraction of sp³-hybridized carbons (Fsp3) is 0.231. The molecule has 3 N–H and O–H groups in total. The Morgan fingerprint density at radius 2 is 2.08 bits per heavy atom. The van der Waals surface area contributed by atoms with Gasteiger partial charge >= 0.3 is 0 Å². The van der Waals surface area contributed by atoms with Crippen LogP contribution in [-0.4, -0.2) is 39.7 Å². The van der Waals surface area contributed by atoms with Crippen molar-refractivity contribution in [3.05, 3.63) is 75.3 Å². The molecule has 3 heterocycles. The molecule has 13 heteroatoms. The Bertz CT molecular complexity index is 1530. The molecule has 1 aliphatic heterocycles. The second kappa shape index (κ2) is 11.6. The predicted octanol–water partition coefficient (Wildman–Crippen LogP) is 4.74. The number of carbonyl (C=O) groups is 2. The molecular formula is C26H22BrN7O3S2. The number of nitrogens with one attached hydrogen (secondary N) is 1. The first kappa shape index (κ1) is 26.9. The quantitative estimate of drug-likeness (QED) is 0.354. The summed E-state index contributed by atoms with van der Waals surface area (Å²) in [5.41, 5.74) is 8.96. The first-order chi connectivity index (χ1) is 18.9. The minimum absolute atomic E-state index is 0.0142. The van der Waals surface area contributed by atoms with Gasteiger partial charge in [-0.05, 0) is 58.6 Å². The van der Waals surface area contributed by atoms with Crippen molar-refractivity contribution in [1.82, 2.24) is 15.2 Å². The van der Waals surface area contributed by atoms with Gasteiger partial charge in [-0.3, -0.25) is 14.5 Å². The van der Waals surface area contributed by atoms with Crippen molar-refractivity contribution < 1.29 is 14.3 Å². The van der Waals surface area contributed by atoms with E-state index in [0.29, 0.717) is 45.9 Å². The topological polar surface area (TPSA) is 147 Å². The maximum absolute atomic E-state index is 13.3. The number of carbonyl (C=O) groups excluding carboxylic acids is 2. The highest BCUT2D eigenvalue weighted by Crippen LogP contribution is 2.47. The number of amides is 1. The Morgan fingerprint density at radius 3 is 2.77 bits per heavy atom. The van der Waals surface area contributed by atoms with E-state index in [4.69, 9.17) is 10.5 Å². The minimum atomic E-state index is -0.572. The molecule has 39 heavy (non-hydrogen) atoms. The average Bonchev–Trinajstić information content (AvgIpc) is 3.41. The number of nitrogens with zero attached hydrogens (tertiary/aromatic N) is 5. The van der Waals surface area contributed by atoms with Gasteiger partial charge in [0, 0.05) is 28.4 Å². The van der Waals surface area contributed by atoms with Gasteiger partial charge < -0.3 is 15.8 Å². The number of anilines is 2. The molecule has 3 aromatic rings. The summed E-state index contributed by atoms with van der Waals surface area (Å²) in [6.07, 6.45) is 3.28. The van der Waals surface area contributed by atoms with Crippen LogP contribution in [0.4, 0.5) is 10.9 Å². The lowest BCUT2D eigenvalue weighted by atomic mass is 9.76. The number of nitrogens with two attached hydrogens (primary N) is 1. The number of Topliss-reactive ketones (excluding diaryl/α,β-unsaturated/α-hetero) is 1. The van der Waals surface area contributed by atoms with Crippen LogP contribution in [0.25, 0.3) is 0 Å². The van der Waals surface area contributed by atoms with Crippen molar-refractivity contribution in [3.63, 3.8) is 0 Å². The number of methoxy groups -OCH3 is 1. The number of hydrogen-bond donors (Lipinski definition) is 2. The molecule has 5 rings (SSSR count). The third-order valence-electron chi connectivity index (χ3n) is 6.27. The molecule has 198 valence electrons. The zero-order valence-corrected chi connectivity index (χ0v) is 23.9. The van der Waals surface area contributed by atoms with E-state index in [9.17, 15) is 14.9 Å². The standard InChI is InChI=1S/C26H22BrN7O3S2/c1-37-16-8-5-14(6-9-16)22-17(11-28)24(29)34(18-3-2-4-19(35)23(18)22)25-32-33-26(39-25)38-13-21(36)31-20-10-7-15(27)12-30-20/h5-10,12,22H,2-4,13,29H2,1H3,(H,30,31,36). The van der Waals surface area contributed by atoms with Gasteiger partial charge in [0.2, 0.25) is 11.0 Å². The van der Waals surface area contributed by atoms with Crippen molar-refractivity contribution >= 4 is 61.7 Å². The Balaban J connectivity index is 1.41. The molecule has 1 aromatic carbocycles. The van der Waals surface area contributed by atoms with E-state index in [0.717, 1.165) is 15.7 Å². The van der Waals surface area contributed by atoms with Crippen LogP contribution in [-0.2, 0) is 9.59 Å². The van der Waals surface area contributed by atoms with E-state index in [2.05, 4.69) is 42.5 Å². The lowest BCUT2D eigenvalue weighted by Crippen LogP contribution is -2.38. The zero-order valence-electron chi connectivity index (χ0n) is 20.7. The molecule has 0 saturated heterocycles. The van der Waals surface area contributed by atoms with Crippen LogP contribution in [0.15, 0.2) is 74.1 Å². The summed E-state index contributed by atoms with van der Waals surface area (Å²) < 4.78 is 6.64. The number of benzene rings is 1. The minimum Gasteiger partial charge on any atom is -0.497 e. The molecule has 1 atom stereocenters. The Kier molecular flexibility index (Phi) is 7.97. The van der Waals surface area contributed by atoms with Gasteiger partial charge in [-0.2, -0.15) is 5.26 Å². The normalized spacial score (nSPS) is 17.1. The summed E-state index contributed by atoms with van der Waals surface area (Å²) in [5.74, 6) is 0.630. The first-order valence-electron chi connectivity index (χ1n) is 11.9. The molecule has 0 fully saturated rings. The van der Waals surface area contributed by atoms with Crippen molar-refractivity contribution in [2.75, 3.05) is 23.1 Å². The number of ketones is 1. The number of ether oxygens (including phenoxy) is 1. The zero-order chi connectivity index (χ0) is 27.5. The van der Waals surface area contributed by atoms with E-state index in [1.165, 1.54) is 23.1 Å². The van der Waals surface area contributed by atoms with Crippen LogP contribution in [0.1, 0.15) is 30.7 Å². The lowest BCUT2D eigenvalue weighted by Gasteiger charge is -2.38. The largest absolute Gasteiger partial charge is 0.497 e. The summed E-state index contributed by atoms with van der Waals surface area (Å²) in [5, 5.41) is 21.9.